The van der Waals surface area contributed by atoms with Crippen LogP contribution in [0.4, 0.5) is 4.79 Å². The number of rotatable bonds is 3. The average molecular weight is 273 g/mol. The molecule has 98 valence electrons. The first kappa shape index (κ1) is 14.4. The van der Waals surface area contributed by atoms with Crippen molar-refractivity contribution in [1.82, 2.24) is 0 Å². The molecule has 1 rings (SSSR count). The molecular formula is C12H13ClO5. The van der Waals surface area contributed by atoms with Crippen LogP contribution < -0.4 is 0 Å². The lowest BCUT2D eigenvalue weighted by molar-refractivity contribution is -0.116. The molecule has 0 heterocycles. The number of hydrogen-bond donors (Lipinski definition) is 0. The van der Waals surface area contributed by atoms with E-state index < -0.39 is 6.16 Å². The van der Waals surface area contributed by atoms with Gasteiger partial charge in [0, 0.05) is 22.3 Å². The van der Waals surface area contributed by atoms with Crippen molar-refractivity contribution in [3.63, 3.8) is 0 Å². The van der Waals surface area contributed by atoms with Gasteiger partial charge in [-0.2, -0.15) is 0 Å². The number of ketones is 2. The van der Waals surface area contributed by atoms with E-state index in [-0.39, 0.29) is 29.8 Å². The maximum atomic E-state index is 11.9. The van der Waals surface area contributed by atoms with E-state index in [1.165, 1.54) is 6.92 Å². The first-order valence-corrected chi connectivity index (χ1v) is 5.75. The normalized spacial score (nSPS) is 16.2. The quantitative estimate of drug-likeness (QED) is 0.447. The molecule has 0 saturated heterocycles. The third-order valence-corrected chi connectivity index (χ3v) is 2.93. The summed E-state index contributed by atoms with van der Waals surface area (Å²) in [6, 6.07) is -0.332. The Kier molecular flexibility index (Phi) is 4.67. The highest BCUT2D eigenvalue weighted by atomic mass is 35.5. The topological polar surface area (TPSA) is 69.7 Å². The molecule has 0 fully saturated rings. The standard InChI is InChI=1S/C12H13ClO5/c1-6-7(2)11(15)9(8(3)10(6)14)4-17-12(16)18-5-13/h4-5H2,1-3H3. The molecule has 0 bridgehead atoms. The number of alkyl halides is 1. The van der Waals surface area contributed by atoms with Crippen LogP contribution in [0.25, 0.3) is 0 Å². The molecule has 0 aromatic rings. The lowest BCUT2D eigenvalue weighted by Gasteiger charge is -2.18. The minimum absolute atomic E-state index is 0.176. The van der Waals surface area contributed by atoms with Crippen molar-refractivity contribution in [3.8, 4) is 0 Å². The Labute approximate surface area is 109 Å². The molecule has 0 atom stereocenters. The van der Waals surface area contributed by atoms with Crippen molar-refractivity contribution in [2.75, 3.05) is 12.7 Å². The van der Waals surface area contributed by atoms with E-state index in [9.17, 15) is 14.4 Å². The van der Waals surface area contributed by atoms with Crippen LogP contribution in [0.15, 0.2) is 22.3 Å². The Morgan fingerprint density at radius 3 is 2.11 bits per heavy atom. The van der Waals surface area contributed by atoms with Crippen LogP contribution in [-0.4, -0.2) is 30.4 Å². The van der Waals surface area contributed by atoms with Gasteiger partial charge < -0.3 is 9.47 Å². The second-order valence-corrected chi connectivity index (χ2v) is 4.02. The van der Waals surface area contributed by atoms with Crippen LogP contribution in [0.2, 0.25) is 0 Å². The zero-order valence-electron chi connectivity index (χ0n) is 10.3. The number of ether oxygens (including phenoxy) is 2. The van der Waals surface area contributed by atoms with Crippen molar-refractivity contribution >= 4 is 29.3 Å². The Balaban J connectivity index is 2.85. The summed E-state index contributed by atoms with van der Waals surface area (Å²) in [4.78, 5) is 34.7. The van der Waals surface area contributed by atoms with Gasteiger partial charge in [0.2, 0.25) is 0 Å². The molecule has 0 amide bonds. The van der Waals surface area contributed by atoms with Gasteiger partial charge in [-0.15, -0.1) is 0 Å². The predicted octanol–water partition coefficient (Wildman–Crippen LogP) is 2.14. The Morgan fingerprint density at radius 2 is 1.56 bits per heavy atom. The molecule has 18 heavy (non-hydrogen) atoms. The van der Waals surface area contributed by atoms with Gasteiger partial charge in [-0.3, -0.25) is 9.59 Å². The molecule has 6 heteroatoms. The fraction of sp³-hybridized carbons (Fsp3) is 0.417. The minimum Gasteiger partial charge on any atom is -0.429 e. The highest BCUT2D eigenvalue weighted by molar-refractivity contribution is 6.24. The highest BCUT2D eigenvalue weighted by Crippen LogP contribution is 2.24. The van der Waals surface area contributed by atoms with Crippen LogP contribution in [0.1, 0.15) is 20.8 Å². The number of hydrogen-bond acceptors (Lipinski definition) is 5. The Hall–Kier alpha value is -1.62. The first-order chi connectivity index (χ1) is 8.40. The SMILES string of the molecule is CC1=C(C)C(=O)C(COC(=O)OCCl)=C(C)C1=O. The van der Waals surface area contributed by atoms with Crippen molar-refractivity contribution < 1.29 is 23.9 Å². The fourth-order valence-corrected chi connectivity index (χ4v) is 1.64. The molecule has 0 spiro atoms. The van der Waals surface area contributed by atoms with Crippen LogP contribution in [0.5, 0.6) is 0 Å². The summed E-state index contributed by atoms with van der Waals surface area (Å²) in [6.07, 6.45) is -0.977. The summed E-state index contributed by atoms with van der Waals surface area (Å²) < 4.78 is 9.05. The van der Waals surface area contributed by atoms with E-state index in [4.69, 9.17) is 16.3 Å². The Bertz CT molecular complexity index is 473. The second kappa shape index (κ2) is 5.82. The number of halogens is 1. The third-order valence-electron chi connectivity index (χ3n) is 2.82. The zero-order valence-corrected chi connectivity index (χ0v) is 11.1. The predicted molar refractivity (Wildman–Crippen MR) is 64.2 cm³/mol. The molecule has 0 unspecified atom stereocenters. The summed E-state index contributed by atoms with van der Waals surface area (Å²) in [5.74, 6) is -0.500. The van der Waals surface area contributed by atoms with E-state index in [1.807, 2.05) is 0 Å². The molecule has 0 N–H and O–H groups in total. The smallest absolute Gasteiger partial charge is 0.429 e. The molecular weight excluding hydrogens is 260 g/mol. The van der Waals surface area contributed by atoms with Crippen molar-refractivity contribution in [3.05, 3.63) is 22.3 Å². The molecule has 5 nitrogen and oxygen atoms in total. The largest absolute Gasteiger partial charge is 0.509 e. The second-order valence-electron chi connectivity index (χ2n) is 3.80. The molecule has 0 aliphatic heterocycles. The van der Waals surface area contributed by atoms with Crippen LogP contribution >= 0.6 is 11.6 Å². The lowest BCUT2D eigenvalue weighted by Crippen LogP contribution is -2.24. The van der Waals surface area contributed by atoms with Gasteiger partial charge in [-0.1, -0.05) is 11.6 Å². The van der Waals surface area contributed by atoms with Gasteiger partial charge in [0.1, 0.15) is 6.61 Å². The van der Waals surface area contributed by atoms with Gasteiger partial charge in [-0.25, -0.2) is 4.79 Å². The van der Waals surface area contributed by atoms with Gasteiger partial charge in [-0.05, 0) is 20.8 Å². The number of carbonyl (C=O) groups excluding carboxylic acids is 3. The van der Waals surface area contributed by atoms with Crippen molar-refractivity contribution in [2.45, 2.75) is 20.8 Å². The fourth-order valence-electron chi connectivity index (χ4n) is 1.55. The van der Waals surface area contributed by atoms with Crippen molar-refractivity contribution in [1.29, 1.82) is 0 Å². The molecule has 0 aromatic heterocycles. The highest BCUT2D eigenvalue weighted by Gasteiger charge is 2.28. The number of Topliss-reactive ketones (excluding diaryl/α,β-unsaturated/α-hetero) is 2. The first-order valence-electron chi connectivity index (χ1n) is 5.22. The summed E-state index contributed by atoms with van der Waals surface area (Å²) >= 11 is 5.18. The van der Waals surface area contributed by atoms with E-state index in [1.54, 1.807) is 13.8 Å². The Morgan fingerprint density at radius 1 is 1.00 bits per heavy atom. The van der Waals surface area contributed by atoms with Gasteiger partial charge in [0.25, 0.3) is 0 Å². The molecule has 0 aromatic carbocycles. The third kappa shape index (κ3) is 2.79. The van der Waals surface area contributed by atoms with Gasteiger partial charge >= 0.3 is 6.16 Å². The molecule has 1 aliphatic rings. The van der Waals surface area contributed by atoms with E-state index in [2.05, 4.69) is 4.74 Å². The number of allylic oxidation sites excluding steroid dienone is 3. The van der Waals surface area contributed by atoms with E-state index in [0.717, 1.165) is 0 Å². The van der Waals surface area contributed by atoms with Crippen LogP contribution in [-0.2, 0) is 19.1 Å². The average Bonchev–Trinajstić information content (AvgIpc) is 2.34. The maximum Gasteiger partial charge on any atom is 0.509 e. The van der Waals surface area contributed by atoms with Gasteiger partial charge in [0.05, 0.1) is 0 Å². The zero-order chi connectivity index (χ0) is 13.9. The molecule has 0 saturated carbocycles. The molecule has 1 aliphatic carbocycles. The summed E-state index contributed by atoms with van der Waals surface area (Å²) in [5, 5.41) is 0. The maximum absolute atomic E-state index is 11.9. The monoisotopic (exact) mass is 272 g/mol. The van der Waals surface area contributed by atoms with Crippen molar-refractivity contribution in [2.24, 2.45) is 0 Å². The number of carbonyl (C=O) groups is 3. The van der Waals surface area contributed by atoms with E-state index >= 15 is 0 Å². The minimum atomic E-state index is -0.977. The summed E-state index contributed by atoms with van der Waals surface area (Å²) in [7, 11) is 0. The van der Waals surface area contributed by atoms with E-state index in [0.29, 0.717) is 16.7 Å². The van der Waals surface area contributed by atoms with Crippen LogP contribution in [0.3, 0.4) is 0 Å². The lowest BCUT2D eigenvalue weighted by atomic mass is 9.86. The summed E-state index contributed by atoms with van der Waals surface area (Å²) in [6.45, 7) is 4.40. The van der Waals surface area contributed by atoms with Crippen LogP contribution in [0, 0.1) is 0 Å². The molecule has 0 radical (unpaired) electrons. The van der Waals surface area contributed by atoms with Gasteiger partial charge in [0.15, 0.2) is 17.6 Å². The summed E-state index contributed by atoms with van der Waals surface area (Å²) in [5.41, 5.74) is 1.26.